The maximum absolute atomic E-state index is 13.5. The number of carbonyl (C=O) groups is 2. The van der Waals surface area contributed by atoms with Crippen molar-refractivity contribution >= 4 is 17.5 Å². The first-order valence-electron chi connectivity index (χ1n) is 12.7. The quantitative estimate of drug-likeness (QED) is 0.386. The van der Waals surface area contributed by atoms with Crippen molar-refractivity contribution in [2.75, 3.05) is 5.32 Å². The van der Waals surface area contributed by atoms with Gasteiger partial charge in [0.1, 0.15) is 11.9 Å². The predicted octanol–water partition coefficient (Wildman–Crippen LogP) is 3.31. The fourth-order valence-corrected chi connectivity index (χ4v) is 4.74. The molecule has 6 rings (SSSR count). The maximum atomic E-state index is 13.5. The Morgan fingerprint density at radius 1 is 1.05 bits per heavy atom. The molecule has 1 aromatic carbocycles. The second kappa shape index (κ2) is 9.96. The molecular formula is C27H28N8O2. The van der Waals surface area contributed by atoms with Gasteiger partial charge in [0.25, 0.3) is 0 Å². The van der Waals surface area contributed by atoms with Crippen molar-refractivity contribution in [1.82, 2.24) is 34.6 Å². The number of nitrogens with zero attached hydrogens (tertiary/aromatic N) is 6. The molecule has 0 spiro atoms. The van der Waals surface area contributed by atoms with Gasteiger partial charge in [0, 0.05) is 61.3 Å². The first-order valence-corrected chi connectivity index (χ1v) is 12.7. The number of rotatable bonds is 8. The van der Waals surface area contributed by atoms with Gasteiger partial charge in [0.15, 0.2) is 5.82 Å². The molecule has 188 valence electrons. The molecule has 2 aliphatic rings. The van der Waals surface area contributed by atoms with Crippen LogP contribution in [0.5, 0.6) is 0 Å². The summed E-state index contributed by atoms with van der Waals surface area (Å²) in [6.45, 7) is 1.01. The molecule has 10 heteroatoms. The molecule has 1 atom stereocenters. The van der Waals surface area contributed by atoms with Crippen molar-refractivity contribution in [2.24, 2.45) is 0 Å². The molecule has 1 unspecified atom stereocenters. The van der Waals surface area contributed by atoms with Crippen LogP contribution in [-0.4, -0.2) is 52.5 Å². The summed E-state index contributed by atoms with van der Waals surface area (Å²) in [6, 6.07) is 10.7. The minimum absolute atomic E-state index is 0.0642. The minimum atomic E-state index is -0.670. The van der Waals surface area contributed by atoms with Crippen LogP contribution in [-0.2, 0) is 29.1 Å². The lowest BCUT2D eigenvalue weighted by atomic mass is 10.00. The Kier molecular flexibility index (Phi) is 6.21. The number of H-pyrrole nitrogens is 1. The molecule has 0 saturated heterocycles. The Morgan fingerprint density at radius 2 is 1.86 bits per heavy atom. The summed E-state index contributed by atoms with van der Waals surface area (Å²) in [4.78, 5) is 41.9. The van der Waals surface area contributed by atoms with Crippen molar-refractivity contribution in [2.45, 2.75) is 57.2 Å². The van der Waals surface area contributed by atoms with E-state index in [-0.39, 0.29) is 18.4 Å². The number of aromatic amines is 1. The molecule has 2 amide bonds. The van der Waals surface area contributed by atoms with E-state index < -0.39 is 6.04 Å². The normalized spacial score (nSPS) is 16.9. The largest absolute Gasteiger partial charge is 0.354 e. The van der Waals surface area contributed by atoms with E-state index in [1.807, 2.05) is 53.4 Å². The van der Waals surface area contributed by atoms with Crippen molar-refractivity contribution in [3.63, 3.8) is 0 Å². The molecule has 10 nitrogen and oxygen atoms in total. The highest BCUT2D eigenvalue weighted by molar-refractivity contribution is 5.98. The number of nitrogens with one attached hydrogen (secondary N) is 2. The molecule has 2 N–H and O–H groups in total. The van der Waals surface area contributed by atoms with Crippen molar-refractivity contribution < 1.29 is 9.59 Å². The standard InChI is InChI=1S/C27H28N8O2/c36-24(7-4-14-34-12-1-2-13-34)35-17-22-21(28-10-11-29-22)16-23(35)27(37)30-20-6-3-5-19(15-20)26-31-25(32-33-26)18-8-9-18/h1-3,5-6,10-13,15,18,23H,4,7-9,14,16-17H2,(H,30,37)(H,31,32,33). The van der Waals surface area contributed by atoms with E-state index in [9.17, 15) is 9.59 Å². The van der Waals surface area contributed by atoms with Gasteiger partial charge >= 0.3 is 0 Å². The monoisotopic (exact) mass is 496 g/mol. The molecule has 1 aliphatic carbocycles. The van der Waals surface area contributed by atoms with E-state index in [0.717, 1.165) is 42.2 Å². The van der Waals surface area contributed by atoms with E-state index in [1.54, 1.807) is 17.3 Å². The van der Waals surface area contributed by atoms with Crippen molar-refractivity contribution in [3.05, 3.63) is 78.4 Å². The molecule has 1 saturated carbocycles. The summed E-state index contributed by atoms with van der Waals surface area (Å²) in [5.74, 6) is 1.69. The topological polar surface area (TPSA) is 122 Å². The Morgan fingerprint density at radius 3 is 2.68 bits per heavy atom. The van der Waals surface area contributed by atoms with E-state index in [0.29, 0.717) is 36.7 Å². The third-order valence-corrected chi connectivity index (χ3v) is 6.89. The summed E-state index contributed by atoms with van der Waals surface area (Å²) in [5.41, 5.74) is 2.94. The average Bonchev–Trinajstić information content (AvgIpc) is 3.41. The van der Waals surface area contributed by atoms with Crippen LogP contribution in [0.15, 0.2) is 61.2 Å². The Bertz CT molecular complexity index is 1410. The fourth-order valence-electron chi connectivity index (χ4n) is 4.74. The highest BCUT2D eigenvalue weighted by Gasteiger charge is 2.35. The molecule has 4 aromatic rings. The second-order valence-electron chi connectivity index (χ2n) is 9.60. The van der Waals surface area contributed by atoms with Crippen LogP contribution in [0.4, 0.5) is 5.69 Å². The second-order valence-corrected chi connectivity index (χ2v) is 9.60. The number of carbonyl (C=O) groups excluding carboxylic acids is 2. The van der Waals surface area contributed by atoms with E-state index in [2.05, 4.69) is 30.5 Å². The Balaban J connectivity index is 1.17. The van der Waals surface area contributed by atoms with Gasteiger partial charge in [-0.05, 0) is 43.5 Å². The molecule has 0 radical (unpaired) electrons. The first-order chi connectivity index (χ1) is 18.1. The highest BCUT2D eigenvalue weighted by atomic mass is 16.2. The number of hydrogen-bond acceptors (Lipinski definition) is 6. The summed E-state index contributed by atoms with van der Waals surface area (Å²) >= 11 is 0. The number of anilines is 1. The summed E-state index contributed by atoms with van der Waals surface area (Å²) in [6.07, 6.45) is 10.8. The summed E-state index contributed by atoms with van der Waals surface area (Å²) in [7, 11) is 0. The molecule has 0 bridgehead atoms. The maximum Gasteiger partial charge on any atom is 0.247 e. The van der Waals surface area contributed by atoms with E-state index in [1.165, 1.54) is 0 Å². The zero-order chi connectivity index (χ0) is 25.2. The van der Waals surface area contributed by atoms with E-state index in [4.69, 9.17) is 0 Å². The lowest BCUT2D eigenvalue weighted by molar-refractivity contribution is -0.140. The zero-order valence-electron chi connectivity index (χ0n) is 20.4. The van der Waals surface area contributed by atoms with Gasteiger partial charge in [-0.25, -0.2) is 4.98 Å². The molecular weight excluding hydrogens is 468 g/mol. The number of fused-ring (bicyclic) bond motifs is 1. The van der Waals surface area contributed by atoms with Crippen LogP contribution in [0.25, 0.3) is 11.4 Å². The third-order valence-electron chi connectivity index (χ3n) is 6.89. The third kappa shape index (κ3) is 5.13. The van der Waals surface area contributed by atoms with Crippen LogP contribution in [0, 0.1) is 0 Å². The lowest BCUT2D eigenvalue weighted by Gasteiger charge is -2.35. The SMILES string of the molecule is O=C(Nc1cccc(-c2n[nH]c(C3CC3)n2)c1)C1Cc2nccnc2CN1C(=O)CCCn1cccc1. The van der Waals surface area contributed by atoms with Gasteiger partial charge in [0.2, 0.25) is 11.8 Å². The lowest BCUT2D eigenvalue weighted by Crippen LogP contribution is -2.51. The molecule has 3 aromatic heterocycles. The van der Waals surface area contributed by atoms with Crippen LogP contribution in [0.3, 0.4) is 0 Å². The predicted molar refractivity (Wildman–Crippen MR) is 136 cm³/mol. The number of aromatic nitrogens is 6. The number of aryl methyl sites for hydroxylation is 1. The summed E-state index contributed by atoms with van der Waals surface area (Å²) in [5, 5.41) is 10.4. The number of benzene rings is 1. The van der Waals surface area contributed by atoms with Gasteiger partial charge in [-0.3, -0.25) is 24.7 Å². The Hall–Kier alpha value is -4.34. The molecule has 4 heterocycles. The number of hydrogen-bond donors (Lipinski definition) is 2. The van der Waals surface area contributed by atoms with E-state index >= 15 is 0 Å². The average molecular weight is 497 g/mol. The van der Waals surface area contributed by atoms with Gasteiger partial charge in [-0.1, -0.05) is 12.1 Å². The minimum Gasteiger partial charge on any atom is -0.354 e. The van der Waals surface area contributed by atoms with Gasteiger partial charge in [-0.2, -0.15) is 5.10 Å². The van der Waals surface area contributed by atoms with Gasteiger partial charge in [0.05, 0.1) is 17.9 Å². The van der Waals surface area contributed by atoms with Crippen LogP contribution in [0.2, 0.25) is 0 Å². The first kappa shape index (κ1) is 23.1. The molecule has 1 aliphatic heterocycles. The Labute approximate surface area is 214 Å². The smallest absolute Gasteiger partial charge is 0.247 e. The zero-order valence-corrected chi connectivity index (χ0v) is 20.4. The molecule has 37 heavy (non-hydrogen) atoms. The van der Waals surface area contributed by atoms with Crippen molar-refractivity contribution in [3.8, 4) is 11.4 Å². The van der Waals surface area contributed by atoms with Crippen molar-refractivity contribution in [1.29, 1.82) is 0 Å². The van der Waals surface area contributed by atoms with Gasteiger partial charge < -0.3 is 14.8 Å². The number of amides is 2. The summed E-state index contributed by atoms with van der Waals surface area (Å²) < 4.78 is 2.04. The van der Waals surface area contributed by atoms with Crippen LogP contribution >= 0.6 is 0 Å². The highest BCUT2D eigenvalue weighted by Crippen LogP contribution is 2.38. The fraction of sp³-hybridized carbons (Fsp3) is 0.333. The van der Waals surface area contributed by atoms with Crippen LogP contribution < -0.4 is 5.32 Å². The van der Waals surface area contributed by atoms with Crippen LogP contribution in [0.1, 0.15) is 48.8 Å². The molecule has 1 fully saturated rings. The van der Waals surface area contributed by atoms with Gasteiger partial charge in [-0.15, -0.1) is 0 Å².